The Morgan fingerprint density at radius 2 is 2.00 bits per heavy atom. The van der Waals surface area contributed by atoms with E-state index in [1.807, 2.05) is 24.3 Å². The van der Waals surface area contributed by atoms with E-state index in [9.17, 15) is 9.59 Å². The summed E-state index contributed by atoms with van der Waals surface area (Å²) < 4.78 is 0.746. The number of halogens is 1. The molecule has 0 spiro atoms. The minimum Gasteiger partial charge on any atom is -0.481 e. The number of nitrogens with one attached hydrogen (secondary N) is 2. The summed E-state index contributed by atoms with van der Waals surface area (Å²) in [6.07, 6.45) is 1.34. The van der Waals surface area contributed by atoms with Crippen LogP contribution >= 0.6 is 15.9 Å². The summed E-state index contributed by atoms with van der Waals surface area (Å²) in [7, 11) is 0. The van der Waals surface area contributed by atoms with Gasteiger partial charge in [0.2, 0.25) is 0 Å². The van der Waals surface area contributed by atoms with Gasteiger partial charge in [0, 0.05) is 23.9 Å². The molecule has 1 aromatic heterocycles. The van der Waals surface area contributed by atoms with Gasteiger partial charge in [-0.05, 0) is 34.8 Å². The summed E-state index contributed by atoms with van der Waals surface area (Å²) in [5.74, 6) is -1.00. The Morgan fingerprint density at radius 1 is 1.25 bits per heavy atom. The number of amides is 1. The van der Waals surface area contributed by atoms with Crippen LogP contribution in [0.1, 0.15) is 29.8 Å². The minimum absolute atomic E-state index is 0.131. The molecule has 0 bridgehead atoms. The van der Waals surface area contributed by atoms with E-state index >= 15 is 0 Å². The summed E-state index contributed by atoms with van der Waals surface area (Å²) in [4.78, 5) is 25.5. The molecule has 2 rings (SSSR count). The number of carbonyl (C=O) groups excluding carboxylic acids is 1. The van der Waals surface area contributed by atoms with Gasteiger partial charge in [-0.25, -0.2) is 0 Å². The fourth-order valence-corrected chi connectivity index (χ4v) is 2.58. The average molecular weight is 339 g/mol. The molecule has 20 heavy (non-hydrogen) atoms. The molecule has 0 aliphatic heterocycles. The van der Waals surface area contributed by atoms with Crippen LogP contribution in [0.25, 0.3) is 10.9 Å². The minimum atomic E-state index is -0.810. The fourth-order valence-electron chi connectivity index (χ4n) is 1.96. The lowest BCUT2D eigenvalue weighted by Gasteiger charge is -2.03. The molecule has 0 atom stereocenters. The van der Waals surface area contributed by atoms with Crippen molar-refractivity contribution in [3.63, 3.8) is 0 Å². The van der Waals surface area contributed by atoms with Crippen molar-refractivity contribution in [2.45, 2.75) is 19.3 Å². The highest BCUT2D eigenvalue weighted by atomic mass is 79.9. The number of fused-ring (bicyclic) bond motifs is 1. The van der Waals surface area contributed by atoms with Crippen LogP contribution in [0.4, 0.5) is 0 Å². The SMILES string of the molecule is O=C(O)CCCCNC(=O)c1[nH]c2ccccc2c1Br. The number of H-pyrrole nitrogens is 1. The lowest BCUT2D eigenvalue weighted by molar-refractivity contribution is -0.137. The van der Waals surface area contributed by atoms with Crippen molar-refractivity contribution in [1.82, 2.24) is 10.3 Å². The number of carboxylic acids is 1. The Labute approximate surface area is 124 Å². The van der Waals surface area contributed by atoms with Crippen molar-refractivity contribution < 1.29 is 14.7 Å². The first-order chi connectivity index (χ1) is 9.59. The molecule has 0 aliphatic carbocycles. The van der Waals surface area contributed by atoms with E-state index in [2.05, 4.69) is 26.2 Å². The summed E-state index contributed by atoms with van der Waals surface area (Å²) in [5, 5.41) is 12.3. The Balaban J connectivity index is 1.94. The highest BCUT2D eigenvalue weighted by molar-refractivity contribution is 9.10. The summed E-state index contributed by atoms with van der Waals surface area (Å²) in [5.41, 5.74) is 1.39. The van der Waals surface area contributed by atoms with Gasteiger partial charge < -0.3 is 15.4 Å². The number of carboxylic acid groups (broad SMARTS) is 1. The van der Waals surface area contributed by atoms with Crippen molar-refractivity contribution in [2.24, 2.45) is 0 Å². The van der Waals surface area contributed by atoms with Crippen LogP contribution in [0.3, 0.4) is 0 Å². The van der Waals surface area contributed by atoms with E-state index < -0.39 is 5.97 Å². The second-order valence-electron chi connectivity index (χ2n) is 4.47. The van der Waals surface area contributed by atoms with E-state index in [0.717, 1.165) is 15.4 Å². The number of hydrogen-bond acceptors (Lipinski definition) is 2. The number of aromatic nitrogens is 1. The smallest absolute Gasteiger partial charge is 0.303 e. The Morgan fingerprint density at radius 3 is 2.70 bits per heavy atom. The topological polar surface area (TPSA) is 82.2 Å². The van der Waals surface area contributed by atoms with Gasteiger partial charge in [0.25, 0.3) is 5.91 Å². The predicted octanol–water partition coefficient (Wildman–Crippen LogP) is 2.92. The molecule has 0 unspecified atom stereocenters. The van der Waals surface area contributed by atoms with Gasteiger partial charge in [-0.2, -0.15) is 0 Å². The highest BCUT2D eigenvalue weighted by Crippen LogP contribution is 2.27. The molecule has 0 radical (unpaired) electrons. The summed E-state index contributed by atoms with van der Waals surface area (Å²) >= 11 is 3.42. The van der Waals surface area contributed by atoms with E-state index in [0.29, 0.717) is 25.1 Å². The molecule has 106 valence electrons. The van der Waals surface area contributed by atoms with Crippen LogP contribution in [0.2, 0.25) is 0 Å². The van der Waals surface area contributed by atoms with Crippen LogP contribution < -0.4 is 5.32 Å². The first kappa shape index (κ1) is 14.6. The molecule has 3 N–H and O–H groups in total. The number of carbonyl (C=O) groups is 2. The number of unbranched alkanes of at least 4 members (excludes halogenated alkanes) is 1. The van der Waals surface area contributed by atoms with Crippen molar-refractivity contribution in [1.29, 1.82) is 0 Å². The third-order valence-electron chi connectivity index (χ3n) is 2.97. The van der Waals surface area contributed by atoms with E-state index in [4.69, 9.17) is 5.11 Å². The molecule has 1 amide bonds. The van der Waals surface area contributed by atoms with Crippen molar-refractivity contribution in [3.8, 4) is 0 Å². The second-order valence-corrected chi connectivity index (χ2v) is 5.26. The van der Waals surface area contributed by atoms with Crippen LogP contribution in [-0.4, -0.2) is 28.5 Å². The predicted molar refractivity (Wildman–Crippen MR) is 79.8 cm³/mol. The Bertz CT molecular complexity index is 636. The fraction of sp³-hybridized carbons (Fsp3) is 0.286. The normalized spacial score (nSPS) is 10.7. The van der Waals surface area contributed by atoms with Crippen molar-refractivity contribution in [3.05, 3.63) is 34.4 Å². The average Bonchev–Trinajstić information content (AvgIpc) is 2.76. The van der Waals surface area contributed by atoms with Crippen LogP contribution in [0.5, 0.6) is 0 Å². The number of aromatic amines is 1. The van der Waals surface area contributed by atoms with Gasteiger partial charge in [0.1, 0.15) is 5.69 Å². The molecule has 1 heterocycles. The third-order valence-corrected chi connectivity index (χ3v) is 3.80. The van der Waals surface area contributed by atoms with Gasteiger partial charge in [-0.15, -0.1) is 0 Å². The maximum Gasteiger partial charge on any atom is 0.303 e. The molecule has 0 aliphatic rings. The van der Waals surface area contributed by atoms with Gasteiger partial charge in [0.15, 0.2) is 0 Å². The molecule has 1 aromatic carbocycles. The first-order valence-electron chi connectivity index (χ1n) is 6.36. The molecular formula is C14H15BrN2O3. The largest absolute Gasteiger partial charge is 0.481 e. The third kappa shape index (κ3) is 3.39. The zero-order chi connectivity index (χ0) is 14.5. The maximum absolute atomic E-state index is 12.0. The molecule has 0 saturated heterocycles. The molecular weight excluding hydrogens is 324 g/mol. The Hall–Kier alpha value is -1.82. The molecule has 5 nitrogen and oxygen atoms in total. The van der Waals surface area contributed by atoms with Crippen LogP contribution in [0, 0.1) is 0 Å². The van der Waals surface area contributed by atoms with Gasteiger partial charge in [-0.3, -0.25) is 9.59 Å². The molecule has 0 fully saturated rings. The van der Waals surface area contributed by atoms with E-state index in [1.54, 1.807) is 0 Å². The van der Waals surface area contributed by atoms with E-state index in [-0.39, 0.29) is 12.3 Å². The molecule has 6 heteroatoms. The highest BCUT2D eigenvalue weighted by Gasteiger charge is 2.14. The molecule has 2 aromatic rings. The number of rotatable bonds is 6. The standard InChI is InChI=1S/C14H15BrN2O3/c15-12-9-5-1-2-6-10(9)17-13(12)14(20)16-8-4-3-7-11(18)19/h1-2,5-6,17H,3-4,7-8H2,(H,16,20)(H,18,19). The maximum atomic E-state index is 12.0. The zero-order valence-electron chi connectivity index (χ0n) is 10.8. The number of benzene rings is 1. The zero-order valence-corrected chi connectivity index (χ0v) is 12.4. The second kappa shape index (κ2) is 6.56. The molecule has 0 saturated carbocycles. The van der Waals surface area contributed by atoms with Crippen LogP contribution in [0.15, 0.2) is 28.7 Å². The quantitative estimate of drug-likeness (QED) is 0.708. The number of aliphatic carboxylic acids is 1. The number of hydrogen-bond donors (Lipinski definition) is 3. The van der Waals surface area contributed by atoms with Gasteiger partial charge in [0.05, 0.1) is 4.47 Å². The van der Waals surface area contributed by atoms with Gasteiger partial charge >= 0.3 is 5.97 Å². The van der Waals surface area contributed by atoms with Crippen LogP contribution in [-0.2, 0) is 4.79 Å². The van der Waals surface area contributed by atoms with Gasteiger partial charge in [-0.1, -0.05) is 18.2 Å². The van der Waals surface area contributed by atoms with Crippen molar-refractivity contribution in [2.75, 3.05) is 6.54 Å². The lowest BCUT2D eigenvalue weighted by atomic mass is 10.2. The lowest BCUT2D eigenvalue weighted by Crippen LogP contribution is -2.25. The monoisotopic (exact) mass is 338 g/mol. The summed E-state index contributed by atoms with van der Waals surface area (Å²) in [6.45, 7) is 0.466. The number of para-hydroxylation sites is 1. The Kier molecular flexibility index (Phi) is 4.79. The van der Waals surface area contributed by atoms with E-state index in [1.165, 1.54) is 0 Å². The first-order valence-corrected chi connectivity index (χ1v) is 7.15. The van der Waals surface area contributed by atoms with Crippen molar-refractivity contribution >= 4 is 38.7 Å². The summed E-state index contributed by atoms with van der Waals surface area (Å²) in [6, 6.07) is 7.65.